The monoisotopic (exact) mass is 190 g/mol. The molecule has 2 heterocycles. The number of aromatic amines is 1. The Bertz CT molecular complexity index is 351. The van der Waals surface area contributed by atoms with E-state index in [4.69, 9.17) is 4.42 Å². The van der Waals surface area contributed by atoms with Crippen molar-refractivity contribution in [1.29, 1.82) is 0 Å². The number of aromatic nitrogens is 1. The molecule has 0 aliphatic heterocycles. The van der Waals surface area contributed by atoms with Crippen LogP contribution in [0.4, 0.5) is 0 Å². The fourth-order valence-electron chi connectivity index (χ4n) is 1.38. The van der Waals surface area contributed by atoms with Crippen LogP contribution in [0.15, 0.2) is 41.5 Å². The molecule has 0 fully saturated rings. The van der Waals surface area contributed by atoms with E-state index in [2.05, 4.69) is 23.3 Å². The highest BCUT2D eigenvalue weighted by Crippen LogP contribution is 2.12. The smallest absolute Gasteiger partial charge is 0.0950 e. The summed E-state index contributed by atoms with van der Waals surface area (Å²) >= 11 is 0. The summed E-state index contributed by atoms with van der Waals surface area (Å²) in [5.74, 6) is 0. The highest BCUT2D eigenvalue weighted by Gasteiger charge is 2.05. The second-order valence-electron chi connectivity index (χ2n) is 3.38. The van der Waals surface area contributed by atoms with Gasteiger partial charge in [0.25, 0.3) is 0 Å². The molecule has 2 N–H and O–H groups in total. The predicted molar refractivity (Wildman–Crippen MR) is 54.8 cm³/mol. The van der Waals surface area contributed by atoms with E-state index >= 15 is 0 Å². The Balaban J connectivity index is 1.87. The van der Waals surface area contributed by atoms with E-state index in [0.717, 1.165) is 6.54 Å². The van der Waals surface area contributed by atoms with E-state index in [9.17, 15) is 0 Å². The molecule has 74 valence electrons. The molecular formula is C11H14N2O. The molecular weight excluding hydrogens is 176 g/mol. The lowest BCUT2D eigenvalue weighted by atomic mass is 10.2. The van der Waals surface area contributed by atoms with E-state index < -0.39 is 0 Å². The Morgan fingerprint density at radius 3 is 3.07 bits per heavy atom. The molecule has 0 bridgehead atoms. The average molecular weight is 190 g/mol. The maximum Gasteiger partial charge on any atom is 0.0950 e. The average Bonchev–Trinajstić information content (AvgIpc) is 2.87. The number of hydrogen-bond donors (Lipinski definition) is 2. The van der Waals surface area contributed by atoms with Crippen LogP contribution in [0, 0.1) is 0 Å². The standard InChI is InChI=1S/C11H14N2O/c1-9(11-3-5-14-8-11)13-7-10-2-4-12-6-10/h2-6,8-9,12-13H,7H2,1H3. The lowest BCUT2D eigenvalue weighted by Gasteiger charge is -2.10. The topological polar surface area (TPSA) is 41.0 Å². The first kappa shape index (κ1) is 9.09. The lowest BCUT2D eigenvalue weighted by Crippen LogP contribution is -2.17. The first-order chi connectivity index (χ1) is 6.86. The number of H-pyrrole nitrogens is 1. The summed E-state index contributed by atoms with van der Waals surface area (Å²) < 4.78 is 5.03. The third-order valence-electron chi connectivity index (χ3n) is 2.32. The first-order valence-corrected chi connectivity index (χ1v) is 4.73. The van der Waals surface area contributed by atoms with Crippen molar-refractivity contribution in [2.45, 2.75) is 19.5 Å². The van der Waals surface area contributed by atoms with Crippen LogP contribution in [0.2, 0.25) is 0 Å². The third-order valence-corrected chi connectivity index (χ3v) is 2.32. The van der Waals surface area contributed by atoms with Gasteiger partial charge in [-0.3, -0.25) is 0 Å². The predicted octanol–water partition coefficient (Wildman–Crippen LogP) is 2.46. The Labute approximate surface area is 83.1 Å². The number of rotatable bonds is 4. The minimum atomic E-state index is 0.323. The quantitative estimate of drug-likeness (QED) is 0.777. The van der Waals surface area contributed by atoms with Gasteiger partial charge in [0, 0.05) is 30.5 Å². The fourth-order valence-corrected chi connectivity index (χ4v) is 1.38. The zero-order valence-corrected chi connectivity index (χ0v) is 8.16. The van der Waals surface area contributed by atoms with Crippen molar-refractivity contribution in [2.24, 2.45) is 0 Å². The van der Waals surface area contributed by atoms with Gasteiger partial charge in [0.1, 0.15) is 0 Å². The first-order valence-electron chi connectivity index (χ1n) is 4.73. The maximum absolute atomic E-state index is 5.03. The molecule has 0 saturated heterocycles. The molecule has 14 heavy (non-hydrogen) atoms. The molecule has 3 heteroatoms. The van der Waals surface area contributed by atoms with Gasteiger partial charge in [0.05, 0.1) is 12.5 Å². The van der Waals surface area contributed by atoms with Crippen LogP contribution >= 0.6 is 0 Å². The number of hydrogen-bond acceptors (Lipinski definition) is 2. The third kappa shape index (κ3) is 2.06. The molecule has 0 spiro atoms. The lowest BCUT2D eigenvalue weighted by molar-refractivity contribution is 0.538. The minimum absolute atomic E-state index is 0.323. The highest BCUT2D eigenvalue weighted by atomic mass is 16.3. The van der Waals surface area contributed by atoms with Crippen LogP contribution in [-0.2, 0) is 6.54 Å². The minimum Gasteiger partial charge on any atom is -0.472 e. The van der Waals surface area contributed by atoms with Crippen molar-refractivity contribution in [2.75, 3.05) is 0 Å². The summed E-state index contributed by atoms with van der Waals surface area (Å²) in [5, 5.41) is 3.41. The van der Waals surface area contributed by atoms with Crippen molar-refractivity contribution in [3.8, 4) is 0 Å². The largest absolute Gasteiger partial charge is 0.472 e. The van der Waals surface area contributed by atoms with Gasteiger partial charge in [0.15, 0.2) is 0 Å². The van der Waals surface area contributed by atoms with E-state index in [1.165, 1.54) is 11.1 Å². The zero-order chi connectivity index (χ0) is 9.80. The molecule has 0 aromatic carbocycles. The van der Waals surface area contributed by atoms with Gasteiger partial charge in [-0.15, -0.1) is 0 Å². The summed E-state index contributed by atoms with van der Waals surface area (Å²) in [7, 11) is 0. The molecule has 3 nitrogen and oxygen atoms in total. The van der Waals surface area contributed by atoms with Gasteiger partial charge in [-0.25, -0.2) is 0 Å². The van der Waals surface area contributed by atoms with E-state index in [1.807, 2.05) is 18.5 Å². The van der Waals surface area contributed by atoms with Crippen LogP contribution in [0.25, 0.3) is 0 Å². The Hall–Kier alpha value is -1.48. The summed E-state index contributed by atoms with van der Waals surface area (Å²) in [6.45, 7) is 2.99. The SMILES string of the molecule is CC(NCc1cc[nH]c1)c1ccoc1. The number of furan rings is 1. The van der Waals surface area contributed by atoms with Crippen LogP contribution in [0.3, 0.4) is 0 Å². The van der Waals surface area contributed by atoms with Crippen molar-refractivity contribution in [3.63, 3.8) is 0 Å². The van der Waals surface area contributed by atoms with E-state index in [0.29, 0.717) is 6.04 Å². The molecule has 2 rings (SSSR count). The molecule has 0 aliphatic rings. The van der Waals surface area contributed by atoms with Gasteiger partial charge < -0.3 is 14.7 Å². The van der Waals surface area contributed by atoms with Crippen LogP contribution in [-0.4, -0.2) is 4.98 Å². The molecule has 1 unspecified atom stereocenters. The highest BCUT2D eigenvalue weighted by molar-refractivity contribution is 5.12. The summed E-state index contributed by atoms with van der Waals surface area (Å²) in [6.07, 6.45) is 7.40. The molecule has 0 saturated carbocycles. The Morgan fingerprint density at radius 2 is 2.43 bits per heavy atom. The Kier molecular flexibility index (Phi) is 2.70. The van der Waals surface area contributed by atoms with E-state index in [-0.39, 0.29) is 0 Å². The second-order valence-corrected chi connectivity index (χ2v) is 3.38. The molecule has 2 aromatic heterocycles. The van der Waals surface area contributed by atoms with Crippen LogP contribution < -0.4 is 5.32 Å². The normalized spacial score (nSPS) is 12.9. The maximum atomic E-state index is 5.03. The van der Waals surface area contributed by atoms with Gasteiger partial charge in [-0.05, 0) is 24.6 Å². The van der Waals surface area contributed by atoms with Gasteiger partial charge >= 0.3 is 0 Å². The van der Waals surface area contributed by atoms with Gasteiger partial charge in [-0.1, -0.05) is 0 Å². The van der Waals surface area contributed by atoms with Gasteiger partial charge in [-0.2, -0.15) is 0 Å². The van der Waals surface area contributed by atoms with Crippen molar-refractivity contribution in [1.82, 2.24) is 10.3 Å². The van der Waals surface area contributed by atoms with Crippen molar-refractivity contribution in [3.05, 3.63) is 48.2 Å². The van der Waals surface area contributed by atoms with Crippen molar-refractivity contribution < 1.29 is 4.42 Å². The van der Waals surface area contributed by atoms with Crippen LogP contribution in [0.5, 0.6) is 0 Å². The molecule has 0 amide bonds. The Morgan fingerprint density at radius 1 is 1.50 bits per heavy atom. The summed E-state index contributed by atoms with van der Waals surface area (Å²) in [6, 6.07) is 4.37. The molecule has 0 radical (unpaired) electrons. The van der Waals surface area contributed by atoms with Gasteiger partial charge in [0.2, 0.25) is 0 Å². The number of nitrogens with one attached hydrogen (secondary N) is 2. The molecule has 2 aromatic rings. The zero-order valence-electron chi connectivity index (χ0n) is 8.16. The molecule has 0 aliphatic carbocycles. The molecule has 1 atom stereocenters. The summed E-state index contributed by atoms with van der Waals surface area (Å²) in [5.41, 5.74) is 2.45. The van der Waals surface area contributed by atoms with E-state index in [1.54, 1.807) is 12.5 Å². The summed E-state index contributed by atoms with van der Waals surface area (Å²) in [4.78, 5) is 3.03. The van der Waals surface area contributed by atoms with Crippen molar-refractivity contribution >= 4 is 0 Å². The second kappa shape index (κ2) is 4.15. The van der Waals surface area contributed by atoms with Crippen LogP contribution in [0.1, 0.15) is 24.1 Å². The fraction of sp³-hybridized carbons (Fsp3) is 0.273.